The predicted molar refractivity (Wildman–Crippen MR) is 160 cm³/mol. The van der Waals surface area contributed by atoms with Gasteiger partial charge in [0.2, 0.25) is 5.91 Å². The molecule has 13 heteroatoms. The molecule has 0 unspecified atom stereocenters. The van der Waals surface area contributed by atoms with Crippen molar-refractivity contribution in [2.45, 2.75) is 4.34 Å². The van der Waals surface area contributed by atoms with E-state index < -0.39 is 11.8 Å². The van der Waals surface area contributed by atoms with Crippen LogP contribution in [0.5, 0.6) is 5.75 Å². The summed E-state index contributed by atoms with van der Waals surface area (Å²) in [4.78, 5) is 44.8. The van der Waals surface area contributed by atoms with E-state index >= 15 is 0 Å². The summed E-state index contributed by atoms with van der Waals surface area (Å²) in [6, 6.07) is 12.4. The summed E-state index contributed by atoms with van der Waals surface area (Å²) in [5.74, 6) is -0.182. The van der Waals surface area contributed by atoms with Gasteiger partial charge in [-0.3, -0.25) is 14.4 Å². The third kappa shape index (κ3) is 5.01. The maximum atomic E-state index is 13.3. The van der Waals surface area contributed by atoms with E-state index in [-0.39, 0.29) is 22.8 Å². The number of thioether (sulfide) groups is 1. The van der Waals surface area contributed by atoms with Gasteiger partial charge in [0, 0.05) is 29.6 Å². The molecule has 0 atom stereocenters. The van der Waals surface area contributed by atoms with Gasteiger partial charge >= 0.3 is 0 Å². The molecule has 1 N–H and O–H groups in total. The van der Waals surface area contributed by atoms with E-state index in [0.717, 1.165) is 9.60 Å². The van der Waals surface area contributed by atoms with E-state index in [0.29, 0.717) is 44.9 Å². The second kappa shape index (κ2) is 10.8. The van der Waals surface area contributed by atoms with Gasteiger partial charge in [0.1, 0.15) is 5.75 Å². The lowest BCUT2D eigenvalue weighted by Gasteiger charge is -2.13. The Hall–Kier alpha value is -1.77. The van der Waals surface area contributed by atoms with Crippen LogP contribution in [-0.4, -0.2) is 35.6 Å². The highest BCUT2D eigenvalue weighted by molar-refractivity contribution is 9.15. The van der Waals surface area contributed by atoms with Crippen molar-refractivity contribution in [1.29, 1.82) is 0 Å². The zero-order valence-electron chi connectivity index (χ0n) is 18.6. The summed E-state index contributed by atoms with van der Waals surface area (Å²) in [5.41, 5.74) is 2.39. The summed E-state index contributed by atoms with van der Waals surface area (Å²) in [5, 5.41) is 2.84. The number of hydrogen-bond donors (Lipinski definition) is 1. The van der Waals surface area contributed by atoms with Gasteiger partial charge < -0.3 is 10.1 Å². The SMILES string of the molecule is COc1cccc(NC(=O)CSc2nc3ccc(N4C(=O)c5c(Br)c(Br)c(Br)c(Br)c5C4=O)cc3s2)c1. The lowest BCUT2D eigenvalue weighted by Crippen LogP contribution is -2.29. The fourth-order valence-corrected chi connectivity index (χ4v) is 8.06. The molecule has 1 aromatic heterocycles. The summed E-state index contributed by atoms with van der Waals surface area (Å²) in [6.07, 6.45) is 0. The summed E-state index contributed by atoms with van der Waals surface area (Å²) in [7, 11) is 1.57. The van der Waals surface area contributed by atoms with Gasteiger partial charge in [0.15, 0.2) is 4.34 Å². The van der Waals surface area contributed by atoms with Crippen molar-refractivity contribution < 1.29 is 19.1 Å². The lowest BCUT2D eigenvalue weighted by molar-refractivity contribution is -0.113. The molecule has 3 amide bonds. The topological polar surface area (TPSA) is 88.6 Å². The molecule has 0 aliphatic carbocycles. The third-order valence-electron chi connectivity index (χ3n) is 5.39. The van der Waals surface area contributed by atoms with Crippen LogP contribution in [0.1, 0.15) is 20.7 Å². The molecular formula is C24H13Br4N3O4S2. The van der Waals surface area contributed by atoms with Crippen LogP contribution in [0.25, 0.3) is 10.2 Å². The number of rotatable bonds is 6. The minimum atomic E-state index is -0.423. The van der Waals surface area contributed by atoms with E-state index in [2.05, 4.69) is 74.0 Å². The Kier molecular flexibility index (Phi) is 7.81. The van der Waals surface area contributed by atoms with Gasteiger partial charge in [-0.2, -0.15) is 0 Å². The molecule has 2 heterocycles. The van der Waals surface area contributed by atoms with Gasteiger partial charge in [-0.25, -0.2) is 9.88 Å². The molecule has 4 aromatic rings. The van der Waals surface area contributed by atoms with Gasteiger partial charge in [-0.05, 0) is 94.1 Å². The molecule has 0 bridgehead atoms. The van der Waals surface area contributed by atoms with Crippen LogP contribution in [0.3, 0.4) is 0 Å². The lowest BCUT2D eigenvalue weighted by atomic mass is 10.1. The Balaban J connectivity index is 1.35. The van der Waals surface area contributed by atoms with Crippen LogP contribution >= 0.6 is 86.8 Å². The Morgan fingerprint density at radius 2 is 1.68 bits per heavy atom. The molecule has 0 spiro atoms. The first kappa shape index (κ1) is 26.8. The number of imide groups is 1. The van der Waals surface area contributed by atoms with Crippen molar-refractivity contribution in [3.8, 4) is 5.75 Å². The van der Waals surface area contributed by atoms with Crippen molar-refractivity contribution in [2.24, 2.45) is 0 Å². The molecule has 7 nitrogen and oxygen atoms in total. The van der Waals surface area contributed by atoms with Crippen LogP contribution in [0.2, 0.25) is 0 Å². The van der Waals surface area contributed by atoms with Crippen molar-refractivity contribution >= 4 is 126 Å². The van der Waals surface area contributed by atoms with Gasteiger partial charge in [-0.15, -0.1) is 11.3 Å². The van der Waals surface area contributed by atoms with Crippen LogP contribution in [0.4, 0.5) is 11.4 Å². The first-order valence-corrected chi connectivity index (χ1v) is 15.4. The Morgan fingerprint density at radius 3 is 2.32 bits per heavy atom. The van der Waals surface area contributed by atoms with Crippen molar-refractivity contribution in [3.63, 3.8) is 0 Å². The number of nitrogens with one attached hydrogen (secondary N) is 1. The number of thiazole rings is 1. The number of anilines is 2. The van der Waals surface area contributed by atoms with Crippen molar-refractivity contribution in [2.75, 3.05) is 23.1 Å². The van der Waals surface area contributed by atoms with Gasteiger partial charge in [0.25, 0.3) is 11.8 Å². The number of hydrogen-bond acceptors (Lipinski definition) is 7. The maximum Gasteiger partial charge on any atom is 0.267 e. The number of aromatic nitrogens is 1. The smallest absolute Gasteiger partial charge is 0.267 e. The van der Waals surface area contributed by atoms with E-state index in [4.69, 9.17) is 4.74 Å². The minimum absolute atomic E-state index is 0.169. The van der Waals surface area contributed by atoms with Crippen molar-refractivity contribution in [3.05, 3.63) is 71.5 Å². The molecule has 1 aliphatic heterocycles. The number of nitrogens with zero attached hydrogens (tertiary/aromatic N) is 2. The Bertz CT molecular complexity index is 1580. The van der Waals surface area contributed by atoms with E-state index in [1.165, 1.54) is 23.1 Å². The molecule has 188 valence electrons. The first-order valence-electron chi connectivity index (χ1n) is 10.4. The molecule has 5 rings (SSSR count). The fraction of sp³-hybridized carbons (Fsp3) is 0.0833. The Morgan fingerprint density at radius 1 is 1.00 bits per heavy atom. The van der Waals surface area contributed by atoms with Crippen LogP contribution in [0, 0.1) is 0 Å². The standard InChI is InChI=1S/C24H13Br4N3O4S2/c1-35-12-4-2-3-10(7-12)29-15(32)9-36-24-30-13-6-5-11(8-14(13)37-24)31-22(33)16-17(23(31)34)19(26)21(28)20(27)18(16)25/h2-8H,9H2,1H3,(H,29,32). The van der Waals surface area contributed by atoms with E-state index in [9.17, 15) is 14.4 Å². The zero-order valence-corrected chi connectivity index (χ0v) is 26.6. The number of carbonyl (C=O) groups is 3. The summed E-state index contributed by atoms with van der Waals surface area (Å²) in [6.45, 7) is 0. The molecule has 0 saturated heterocycles. The average molecular weight is 791 g/mol. The number of methoxy groups -OCH3 is 1. The molecule has 0 saturated carbocycles. The highest BCUT2D eigenvalue weighted by Crippen LogP contribution is 2.46. The molecule has 3 aromatic carbocycles. The Labute approximate surface area is 252 Å². The van der Waals surface area contributed by atoms with Crippen molar-refractivity contribution in [1.82, 2.24) is 4.98 Å². The quantitative estimate of drug-likeness (QED) is 0.0926. The van der Waals surface area contributed by atoms with Gasteiger partial charge in [0.05, 0.1) is 39.9 Å². The highest BCUT2D eigenvalue weighted by Gasteiger charge is 2.42. The number of amides is 3. The molecule has 0 radical (unpaired) electrons. The normalized spacial score (nSPS) is 12.8. The second-order valence-electron chi connectivity index (χ2n) is 7.65. The number of carbonyl (C=O) groups excluding carboxylic acids is 3. The zero-order chi connectivity index (χ0) is 26.4. The van der Waals surface area contributed by atoms with E-state index in [1.54, 1.807) is 49.6 Å². The average Bonchev–Trinajstić information content (AvgIpc) is 3.41. The number of benzene rings is 3. The molecular weight excluding hydrogens is 778 g/mol. The van der Waals surface area contributed by atoms with Crippen LogP contribution in [0.15, 0.2) is 64.7 Å². The largest absolute Gasteiger partial charge is 0.497 e. The summed E-state index contributed by atoms with van der Waals surface area (Å²) < 4.78 is 8.96. The number of fused-ring (bicyclic) bond motifs is 2. The predicted octanol–water partition coefficient (Wildman–Crippen LogP) is 7.89. The van der Waals surface area contributed by atoms with E-state index in [1.807, 2.05) is 0 Å². The highest BCUT2D eigenvalue weighted by atomic mass is 79.9. The number of ether oxygens (including phenoxy) is 1. The second-order valence-corrected chi connectivity index (χ2v) is 13.1. The minimum Gasteiger partial charge on any atom is -0.497 e. The summed E-state index contributed by atoms with van der Waals surface area (Å²) >= 11 is 16.5. The third-order valence-corrected chi connectivity index (χ3v) is 12.3. The fourth-order valence-electron chi connectivity index (χ4n) is 3.70. The molecule has 0 fully saturated rings. The van der Waals surface area contributed by atoms with Gasteiger partial charge in [-0.1, -0.05) is 17.8 Å². The maximum absolute atomic E-state index is 13.3. The molecule has 37 heavy (non-hydrogen) atoms. The van der Waals surface area contributed by atoms with Crippen LogP contribution < -0.4 is 15.0 Å². The number of halogens is 4. The first-order chi connectivity index (χ1) is 17.7. The monoisotopic (exact) mass is 787 g/mol. The van der Waals surface area contributed by atoms with Crippen LogP contribution in [-0.2, 0) is 4.79 Å². The molecule has 1 aliphatic rings.